The fourth-order valence-electron chi connectivity index (χ4n) is 8.53. The van der Waals surface area contributed by atoms with Crippen molar-refractivity contribution in [1.82, 2.24) is 14.7 Å². The average molecular weight is 537 g/mol. The molecule has 3 amide bonds. The second-order valence-electron chi connectivity index (χ2n) is 11.6. The van der Waals surface area contributed by atoms with Gasteiger partial charge in [0.05, 0.1) is 33.9 Å². The number of amides is 3. The third-order valence-corrected chi connectivity index (χ3v) is 9.90. The van der Waals surface area contributed by atoms with Crippen LogP contribution in [0.2, 0.25) is 10.0 Å². The van der Waals surface area contributed by atoms with Crippen molar-refractivity contribution in [1.29, 1.82) is 0 Å². The highest BCUT2D eigenvalue weighted by Crippen LogP contribution is 2.72. The summed E-state index contributed by atoms with van der Waals surface area (Å²) in [6.45, 7) is 3.14. The van der Waals surface area contributed by atoms with Gasteiger partial charge in [-0.3, -0.25) is 9.48 Å². The molecule has 7 rings (SSSR count). The van der Waals surface area contributed by atoms with Gasteiger partial charge in [-0.25, -0.2) is 4.79 Å². The minimum Gasteiger partial charge on any atom is -0.365 e. The summed E-state index contributed by atoms with van der Waals surface area (Å²) >= 11 is 19.7. The highest BCUT2D eigenvalue weighted by Gasteiger charge is 2.65. The molecule has 4 aliphatic carbocycles. The fourth-order valence-corrected chi connectivity index (χ4v) is 9.63. The van der Waals surface area contributed by atoms with E-state index in [-0.39, 0.29) is 15.7 Å². The molecule has 5 aliphatic rings. The molecule has 1 aromatic heterocycles. The summed E-state index contributed by atoms with van der Waals surface area (Å²) in [5.41, 5.74) is 13.8. The first-order chi connectivity index (χ1) is 16.4. The van der Waals surface area contributed by atoms with Gasteiger partial charge in [-0.1, -0.05) is 36.2 Å². The average Bonchev–Trinajstić information content (AvgIpc) is 3.12. The number of halogens is 3. The van der Waals surface area contributed by atoms with Crippen molar-refractivity contribution >= 4 is 46.7 Å². The first-order valence-corrected chi connectivity index (χ1v) is 13.2. The molecule has 1 unspecified atom stereocenters. The van der Waals surface area contributed by atoms with Crippen LogP contribution < -0.4 is 11.5 Å². The molecule has 1 aliphatic heterocycles. The zero-order valence-electron chi connectivity index (χ0n) is 19.5. The highest BCUT2D eigenvalue weighted by atomic mass is 35.5. The van der Waals surface area contributed by atoms with Crippen molar-refractivity contribution in [2.24, 2.45) is 28.2 Å². The van der Waals surface area contributed by atoms with Crippen LogP contribution >= 0.6 is 34.8 Å². The number of fused-ring (bicyclic) bond motifs is 1. The standard InChI is InChI=1S/C25H28Cl3N5O2/c1-23-7-13-8-24(10-23,12-25(28,9-13)11-23)20-19-17(21(29)34)18(14-2-3-15(26)16(27)6-14)31-33(19)5-4-32(20)22(30)35/h2-3,6,13,20H,4-5,7-12H2,1H3,(H2,29,34)(H2,30,35)/t13-,20?,23+,24+,25-/m1/s1. The molecule has 4 fully saturated rings. The number of urea groups is 1. The van der Waals surface area contributed by atoms with Gasteiger partial charge in [0.15, 0.2) is 0 Å². The minimum absolute atomic E-state index is 0.0895. The lowest BCUT2D eigenvalue weighted by atomic mass is 9.42. The Morgan fingerprint density at radius 2 is 1.83 bits per heavy atom. The summed E-state index contributed by atoms with van der Waals surface area (Å²) in [5.74, 6) is -0.117. The van der Waals surface area contributed by atoms with Crippen LogP contribution in [0.4, 0.5) is 4.79 Å². The van der Waals surface area contributed by atoms with Crippen LogP contribution in [-0.4, -0.2) is 38.0 Å². The number of carbonyl (C=O) groups is 2. The summed E-state index contributed by atoms with van der Waals surface area (Å²) in [7, 11) is 0. The summed E-state index contributed by atoms with van der Waals surface area (Å²) in [4.78, 5) is 27.2. The number of hydrogen-bond donors (Lipinski definition) is 2. The largest absolute Gasteiger partial charge is 0.365 e. The van der Waals surface area contributed by atoms with Gasteiger partial charge < -0.3 is 16.4 Å². The molecule has 7 nitrogen and oxygen atoms in total. The van der Waals surface area contributed by atoms with E-state index < -0.39 is 18.0 Å². The van der Waals surface area contributed by atoms with Crippen LogP contribution in [0.1, 0.15) is 67.5 Å². The van der Waals surface area contributed by atoms with Gasteiger partial charge in [0, 0.05) is 17.0 Å². The molecule has 0 spiro atoms. The molecule has 35 heavy (non-hydrogen) atoms. The van der Waals surface area contributed by atoms with E-state index in [1.165, 1.54) is 0 Å². The molecule has 186 valence electrons. The topological polar surface area (TPSA) is 107 Å². The summed E-state index contributed by atoms with van der Waals surface area (Å²) in [6.07, 6.45) is 5.74. The smallest absolute Gasteiger partial charge is 0.315 e. The van der Waals surface area contributed by atoms with Crippen LogP contribution in [-0.2, 0) is 6.54 Å². The Hall–Kier alpha value is -1.96. The Labute approximate surface area is 219 Å². The normalized spacial score (nSPS) is 35.3. The maximum atomic E-state index is 13.0. The van der Waals surface area contributed by atoms with Crippen LogP contribution in [0.15, 0.2) is 18.2 Å². The number of benzene rings is 1. The third kappa shape index (κ3) is 3.49. The summed E-state index contributed by atoms with van der Waals surface area (Å²) in [5, 5.41) is 5.59. The number of nitrogens with two attached hydrogens (primary N) is 2. The molecule has 2 aromatic rings. The van der Waals surface area contributed by atoms with E-state index in [1.807, 2.05) is 4.68 Å². The van der Waals surface area contributed by atoms with E-state index in [4.69, 9.17) is 51.4 Å². The van der Waals surface area contributed by atoms with Crippen molar-refractivity contribution in [2.75, 3.05) is 6.54 Å². The molecule has 2 heterocycles. The van der Waals surface area contributed by atoms with Crippen LogP contribution in [0.5, 0.6) is 0 Å². The molecular weight excluding hydrogens is 509 g/mol. The van der Waals surface area contributed by atoms with Gasteiger partial charge in [-0.2, -0.15) is 5.10 Å². The van der Waals surface area contributed by atoms with Crippen molar-refractivity contribution < 1.29 is 9.59 Å². The molecule has 4 saturated carbocycles. The van der Waals surface area contributed by atoms with Gasteiger partial charge in [0.25, 0.3) is 5.91 Å². The number of rotatable bonds is 3. The Morgan fingerprint density at radius 3 is 2.46 bits per heavy atom. The predicted molar refractivity (Wildman–Crippen MR) is 136 cm³/mol. The van der Waals surface area contributed by atoms with Crippen LogP contribution in [0.3, 0.4) is 0 Å². The Morgan fingerprint density at radius 1 is 1.06 bits per heavy atom. The predicted octanol–water partition coefficient (Wildman–Crippen LogP) is 5.36. The summed E-state index contributed by atoms with van der Waals surface area (Å²) < 4.78 is 1.84. The van der Waals surface area contributed by atoms with Gasteiger partial charge in [0.1, 0.15) is 5.69 Å². The molecule has 1 aromatic carbocycles. The SMILES string of the molecule is C[C@@]12C[C@H]3C[C@@](Cl)(C1)C[C@](C1c4c(C(N)=O)c(-c5ccc(Cl)c(Cl)c5)nn4CCN1C(N)=O)(C3)C2. The Bertz CT molecular complexity index is 1260. The lowest BCUT2D eigenvalue weighted by molar-refractivity contribution is -0.128. The molecular formula is C25H28Cl3N5O2. The minimum atomic E-state index is -0.597. The van der Waals surface area contributed by atoms with Crippen LogP contribution in [0, 0.1) is 16.7 Å². The number of hydrogen-bond acceptors (Lipinski definition) is 3. The molecule has 0 radical (unpaired) electrons. The first kappa shape index (κ1) is 23.4. The van der Waals surface area contributed by atoms with E-state index >= 15 is 0 Å². The van der Waals surface area contributed by atoms with Gasteiger partial charge in [-0.05, 0) is 67.4 Å². The number of primary amides is 2. The number of aromatic nitrogens is 2. The van der Waals surface area contributed by atoms with E-state index in [1.54, 1.807) is 23.1 Å². The lowest BCUT2D eigenvalue weighted by Gasteiger charge is -2.67. The molecule has 4 N–H and O–H groups in total. The van der Waals surface area contributed by atoms with Crippen molar-refractivity contribution in [3.05, 3.63) is 39.5 Å². The quantitative estimate of drug-likeness (QED) is 0.516. The van der Waals surface area contributed by atoms with Gasteiger partial charge in [0.2, 0.25) is 0 Å². The Kier molecular flexibility index (Phi) is 5.04. The van der Waals surface area contributed by atoms with Gasteiger partial charge in [-0.15, -0.1) is 11.6 Å². The number of alkyl halides is 1. The Balaban J connectivity index is 1.58. The monoisotopic (exact) mass is 535 g/mol. The lowest BCUT2D eigenvalue weighted by Crippen LogP contribution is -2.63. The second kappa shape index (κ2) is 7.53. The van der Waals surface area contributed by atoms with Crippen molar-refractivity contribution in [3.63, 3.8) is 0 Å². The van der Waals surface area contributed by atoms with E-state index in [0.29, 0.717) is 51.6 Å². The van der Waals surface area contributed by atoms with Crippen molar-refractivity contribution in [2.45, 2.75) is 62.9 Å². The fraction of sp³-hybridized carbons (Fsp3) is 0.560. The second-order valence-corrected chi connectivity index (χ2v) is 13.2. The highest BCUT2D eigenvalue weighted by molar-refractivity contribution is 6.42. The van der Waals surface area contributed by atoms with Crippen LogP contribution in [0.25, 0.3) is 11.3 Å². The van der Waals surface area contributed by atoms with E-state index in [0.717, 1.165) is 38.5 Å². The zero-order valence-corrected chi connectivity index (χ0v) is 21.8. The van der Waals surface area contributed by atoms with E-state index in [9.17, 15) is 9.59 Å². The van der Waals surface area contributed by atoms with E-state index in [2.05, 4.69) is 6.92 Å². The number of carbonyl (C=O) groups excluding carboxylic acids is 2. The molecule has 5 atom stereocenters. The molecule has 10 heteroatoms. The van der Waals surface area contributed by atoms with Crippen molar-refractivity contribution in [3.8, 4) is 11.3 Å². The number of nitrogens with zero attached hydrogens (tertiary/aromatic N) is 3. The molecule has 4 bridgehead atoms. The third-order valence-electron chi connectivity index (χ3n) is 8.74. The zero-order chi connectivity index (χ0) is 24.9. The molecule has 0 saturated heterocycles. The maximum Gasteiger partial charge on any atom is 0.315 e. The van der Waals surface area contributed by atoms with Gasteiger partial charge >= 0.3 is 6.03 Å². The summed E-state index contributed by atoms with van der Waals surface area (Å²) in [6, 6.07) is 4.20. The maximum absolute atomic E-state index is 13.0. The first-order valence-electron chi connectivity index (χ1n) is 12.0.